The number of carbonyl (C=O) groups excluding carboxylic acids is 3. The van der Waals surface area contributed by atoms with Gasteiger partial charge in [0.05, 0.1) is 0 Å². The minimum Gasteiger partial charge on any atom is -0.383 e. The number of amides is 4. The number of benzene rings is 1. The zero-order valence-corrected chi connectivity index (χ0v) is 18.9. The fourth-order valence-electron chi connectivity index (χ4n) is 3.86. The van der Waals surface area contributed by atoms with Gasteiger partial charge in [0, 0.05) is 13.1 Å². The van der Waals surface area contributed by atoms with Gasteiger partial charge in [-0.2, -0.15) is 0 Å². The lowest BCUT2D eigenvalue weighted by Gasteiger charge is -2.25. The highest BCUT2D eigenvalue weighted by Crippen LogP contribution is 2.29. The van der Waals surface area contributed by atoms with Gasteiger partial charge < -0.3 is 16.0 Å². The number of rotatable bonds is 8. The van der Waals surface area contributed by atoms with Crippen molar-refractivity contribution in [2.75, 3.05) is 23.7 Å². The van der Waals surface area contributed by atoms with Crippen LogP contribution in [0.2, 0.25) is 0 Å². The number of imide groups is 1. The van der Waals surface area contributed by atoms with Crippen LogP contribution in [0.25, 0.3) is 0 Å². The van der Waals surface area contributed by atoms with Crippen LogP contribution in [0.3, 0.4) is 0 Å². The van der Waals surface area contributed by atoms with Gasteiger partial charge in [0.2, 0.25) is 5.91 Å². The molecule has 1 aromatic heterocycles. The van der Waals surface area contributed by atoms with Crippen LogP contribution in [0.5, 0.6) is 0 Å². The van der Waals surface area contributed by atoms with Crippen molar-refractivity contribution < 1.29 is 14.4 Å². The third-order valence-electron chi connectivity index (χ3n) is 5.76. The summed E-state index contributed by atoms with van der Waals surface area (Å²) in [6, 6.07) is 7.98. The van der Waals surface area contributed by atoms with Crippen LogP contribution in [0.1, 0.15) is 39.2 Å². The Kier molecular flexibility index (Phi) is 6.70. The van der Waals surface area contributed by atoms with Crippen molar-refractivity contribution in [2.45, 2.75) is 45.7 Å². The largest absolute Gasteiger partial charge is 0.383 e. The molecule has 0 spiro atoms. The van der Waals surface area contributed by atoms with Crippen LogP contribution in [0, 0.1) is 0 Å². The fourth-order valence-corrected chi connectivity index (χ4v) is 3.86. The number of unbranched alkanes of at least 4 members (excludes halogenated alkanes) is 1. The molecule has 0 saturated carbocycles. The summed E-state index contributed by atoms with van der Waals surface area (Å²) in [6.07, 6.45) is 1.44. The maximum atomic E-state index is 13.1. The zero-order chi connectivity index (χ0) is 24.3. The molecule has 1 aliphatic rings. The van der Waals surface area contributed by atoms with Crippen molar-refractivity contribution in [3.63, 3.8) is 0 Å². The fraction of sp³-hybridized carbons (Fsp3) is 0.409. The monoisotopic (exact) mass is 456 g/mol. The van der Waals surface area contributed by atoms with E-state index in [0.29, 0.717) is 12.0 Å². The molecular formula is C22H28N6O5. The maximum Gasteiger partial charge on any atom is 0.330 e. The molecule has 2 aromatic rings. The van der Waals surface area contributed by atoms with Crippen molar-refractivity contribution in [2.24, 2.45) is 0 Å². The van der Waals surface area contributed by atoms with Crippen LogP contribution in [0.15, 0.2) is 39.9 Å². The van der Waals surface area contributed by atoms with Crippen molar-refractivity contribution in [3.8, 4) is 0 Å². The van der Waals surface area contributed by atoms with Crippen molar-refractivity contribution in [1.29, 1.82) is 0 Å². The number of urea groups is 1. The van der Waals surface area contributed by atoms with Crippen molar-refractivity contribution >= 4 is 29.4 Å². The van der Waals surface area contributed by atoms with Crippen molar-refractivity contribution in [1.82, 2.24) is 19.8 Å². The minimum atomic E-state index is -1.32. The first-order valence-corrected chi connectivity index (χ1v) is 10.8. The number of nitrogen functional groups attached to an aromatic ring is 1. The first-order chi connectivity index (χ1) is 15.7. The van der Waals surface area contributed by atoms with E-state index in [1.165, 1.54) is 4.57 Å². The number of nitrogens with one attached hydrogen (secondary N) is 2. The molecule has 3 rings (SSSR count). The van der Waals surface area contributed by atoms with Gasteiger partial charge in [-0.15, -0.1) is 0 Å². The Balaban J connectivity index is 1.91. The summed E-state index contributed by atoms with van der Waals surface area (Å²) in [4.78, 5) is 67.7. The highest BCUT2D eigenvalue weighted by molar-refractivity contribution is 6.10. The Morgan fingerprint density at radius 1 is 1.12 bits per heavy atom. The Hall–Kier alpha value is -3.89. The Bertz CT molecular complexity index is 1190. The third kappa shape index (κ3) is 4.26. The quantitative estimate of drug-likeness (QED) is 0.499. The van der Waals surface area contributed by atoms with E-state index in [-0.39, 0.29) is 24.6 Å². The lowest BCUT2D eigenvalue weighted by Crippen LogP contribution is -2.47. The Labute approximate surface area is 190 Å². The molecule has 4 N–H and O–H groups in total. The van der Waals surface area contributed by atoms with Crippen LogP contribution in [-0.4, -0.2) is 45.4 Å². The number of hydrogen-bond donors (Lipinski definition) is 3. The number of carbonyl (C=O) groups is 3. The Morgan fingerprint density at radius 3 is 2.39 bits per heavy atom. The van der Waals surface area contributed by atoms with Crippen LogP contribution < -0.4 is 27.2 Å². The van der Waals surface area contributed by atoms with Gasteiger partial charge in [-0.1, -0.05) is 43.7 Å². The second-order valence-electron chi connectivity index (χ2n) is 7.95. The van der Waals surface area contributed by atoms with Gasteiger partial charge in [0.1, 0.15) is 17.9 Å². The highest BCUT2D eigenvalue weighted by Gasteiger charge is 2.49. The lowest BCUT2D eigenvalue weighted by atomic mass is 9.92. The lowest BCUT2D eigenvalue weighted by molar-refractivity contribution is -0.134. The van der Waals surface area contributed by atoms with E-state index in [9.17, 15) is 24.0 Å². The zero-order valence-electron chi connectivity index (χ0n) is 18.9. The molecule has 0 radical (unpaired) electrons. The summed E-state index contributed by atoms with van der Waals surface area (Å²) in [7, 11) is 0. The van der Waals surface area contributed by atoms with Gasteiger partial charge in [-0.25, -0.2) is 9.59 Å². The predicted octanol–water partition coefficient (Wildman–Crippen LogP) is 0.739. The smallest absolute Gasteiger partial charge is 0.330 e. The molecule has 176 valence electrons. The maximum absolute atomic E-state index is 13.1. The topological polar surface area (TPSA) is 151 Å². The van der Waals surface area contributed by atoms with E-state index in [4.69, 9.17) is 5.73 Å². The first kappa shape index (κ1) is 23.8. The second kappa shape index (κ2) is 9.31. The summed E-state index contributed by atoms with van der Waals surface area (Å²) in [6.45, 7) is 4.86. The number of nitrogens with zero attached hydrogens (tertiary/aromatic N) is 3. The molecule has 0 unspecified atom stereocenters. The summed E-state index contributed by atoms with van der Waals surface area (Å²) in [5.74, 6) is -1.41. The molecule has 0 bridgehead atoms. The van der Waals surface area contributed by atoms with Crippen LogP contribution in [-0.2, 0) is 21.7 Å². The number of aromatic nitrogens is 2. The number of H-pyrrole nitrogens is 1. The number of aromatic amines is 1. The second-order valence-corrected chi connectivity index (χ2v) is 7.95. The number of hydrogen-bond acceptors (Lipinski definition) is 6. The van der Waals surface area contributed by atoms with E-state index < -0.39 is 41.2 Å². The van der Waals surface area contributed by atoms with E-state index in [0.717, 1.165) is 16.2 Å². The molecular weight excluding hydrogens is 428 g/mol. The summed E-state index contributed by atoms with van der Waals surface area (Å²) in [5, 5.41) is 2.64. The van der Waals surface area contributed by atoms with Crippen molar-refractivity contribution in [3.05, 3.63) is 56.7 Å². The SMILES string of the molecule is CCCCn1c(N)c(N(CC)C(=O)CN2C(=O)N[C@](C)(c3ccccc3)C2=O)c(=O)[nH]c1=O. The standard InChI is InChI=1S/C22H28N6O5/c1-4-6-12-27-17(23)16(18(30)24-20(27)32)26(5-2)15(29)13-28-19(31)22(3,25-21(28)33)14-10-8-7-9-11-14/h7-11H,4-6,12-13,23H2,1-3H3,(H,25,33)(H,24,30,32)/t22-/m1/s1. The van der Waals surface area contributed by atoms with E-state index in [1.807, 2.05) is 6.92 Å². The van der Waals surface area contributed by atoms with E-state index >= 15 is 0 Å². The molecule has 2 heterocycles. The predicted molar refractivity (Wildman–Crippen MR) is 123 cm³/mol. The van der Waals surface area contributed by atoms with Crippen LogP contribution >= 0.6 is 0 Å². The molecule has 1 aliphatic heterocycles. The molecule has 1 aromatic carbocycles. The van der Waals surface area contributed by atoms with Gasteiger partial charge >= 0.3 is 11.7 Å². The number of anilines is 2. The highest BCUT2D eigenvalue weighted by atomic mass is 16.2. The molecule has 1 saturated heterocycles. The minimum absolute atomic E-state index is 0.0394. The molecule has 33 heavy (non-hydrogen) atoms. The molecule has 0 aliphatic carbocycles. The molecule has 4 amide bonds. The van der Waals surface area contributed by atoms with Gasteiger partial charge in [-0.3, -0.25) is 28.8 Å². The molecule has 11 nitrogen and oxygen atoms in total. The third-order valence-corrected chi connectivity index (χ3v) is 5.76. The summed E-state index contributed by atoms with van der Waals surface area (Å²) < 4.78 is 1.20. The summed E-state index contributed by atoms with van der Waals surface area (Å²) >= 11 is 0. The van der Waals surface area contributed by atoms with E-state index in [1.54, 1.807) is 44.2 Å². The number of nitrogens with two attached hydrogens (primary N) is 1. The van der Waals surface area contributed by atoms with Gasteiger partial charge in [0.25, 0.3) is 11.5 Å². The van der Waals surface area contributed by atoms with Gasteiger partial charge in [-0.05, 0) is 25.8 Å². The van der Waals surface area contributed by atoms with Gasteiger partial charge in [0.15, 0.2) is 5.69 Å². The molecule has 1 fully saturated rings. The first-order valence-electron chi connectivity index (χ1n) is 10.8. The molecule has 1 atom stereocenters. The summed E-state index contributed by atoms with van der Waals surface area (Å²) in [5.41, 5.74) is 3.71. The molecule has 11 heteroatoms. The number of likely N-dealkylation sites (N-methyl/N-ethyl adjacent to an activating group) is 1. The normalized spacial score (nSPS) is 17.8. The van der Waals surface area contributed by atoms with E-state index in [2.05, 4.69) is 10.3 Å². The average Bonchev–Trinajstić information content (AvgIpc) is 3.00. The average molecular weight is 457 g/mol. The Morgan fingerprint density at radius 2 is 1.79 bits per heavy atom. The van der Waals surface area contributed by atoms with Crippen LogP contribution in [0.4, 0.5) is 16.3 Å².